The molecule has 1 aromatic carbocycles. The van der Waals surface area contributed by atoms with Crippen molar-refractivity contribution in [3.8, 4) is 0 Å². The lowest BCUT2D eigenvalue weighted by molar-refractivity contribution is 0.100. The molecule has 1 aromatic rings. The number of likely N-dealkylation sites (tertiary alicyclic amines) is 1. The van der Waals surface area contributed by atoms with Gasteiger partial charge in [0, 0.05) is 29.7 Å². The lowest BCUT2D eigenvalue weighted by Crippen LogP contribution is -2.35. The summed E-state index contributed by atoms with van der Waals surface area (Å²) in [4.78, 5) is 13.4. The predicted molar refractivity (Wildman–Crippen MR) is 77.3 cm³/mol. The van der Waals surface area contributed by atoms with E-state index in [-0.39, 0.29) is 0 Å². The molecule has 5 heteroatoms. The number of likely N-dealkylation sites (N-methyl/N-ethyl adjacent to an activating group) is 1. The molecule has 0 spiro atoms. The second-order valence-corrected chi connectivity index (χ2v) is 5.49. The fourth-order valence-corrected chi connectivity index (χ4v) is 2.70. The molecule has 4 nitrogen and oxygen atoms in total. The largest absolute Gasteiger partial charge is 0.366 e. The summed E-state index contributed by atoms with van der Waals surface area (Å²) in [6.45, 7) is 2.85. The highest BCUT2D eigenvalue weighted by Gasteiger charge is 2.19. The van der Waals surface area contributed by atoms with E-state index in [9.17, 15) is 4.79 Å². The predicted octanol–water partition coefficient (Wildman–Crippen LogP) is 1.62. The van der Waals surface area contributed by atoms with Crippen LogP contribution in [0.25, 0.3) is 0 Å². The van der Waals surface area contributed by atoms with Gasteiger partial charge in [0.15, 0.2) is 0 Å². The summed E-state index contributed by atoms with van der Waals surface area (Å²) < 4.78 is 0. The number of amides is 1. The molecule has 1 atom stereocenters. The van der Waals surface area contributed by atoms with Crippen LogP contribution in [0, 0.1) is 0 Å². The highest BCUT2D eigenvalue weighted by molar-refractivity contribution is 6.31. The molecule has 1 aliphatic heterocycles. The molecule has 1 amide bonds. The Bertz CT molecular complexity index is 464. The van der Waals surface area contributed by atoms with Crippen molar-refractivity contribution in [1.82, 2.24) is 10.2 Å². The van der Waals surface area contributed by atoms with Crippen LogP contribution in [0.2, 0.25) is 5.02 Å². The standard InChI is InChI=1S/C14H20ClN3O/c1-18-6-2-3-12(18)9-17-8-11-5-4-10(14(16)19)7-13(11)15/h4-5,7,12,17H,2-3,6,8-9H2,1H3,(H2,16,19). The van der Waals surface area contributed by atoms with Gasteiger partial charge in [-0.2, -0.15) is 0 Å². The van der Waals surface area contributed by atoms with Crippen molar-refractivity contribution in [2.45, 2.75) is 25.4 Å². The van der Waals surface area contributed by atoms with E-state index in [0.717, 1.165) is 12.1 Å². The van der Waals surface area contributed by atoms with Crippen LogP contribution < -0.4 is 11.1 Å². The Morgan fingerprint density at radius 1 is 1.58 bits per heavy atom. The number of nitrogens with one attached hydrogen (secondary N) is 1. The number of halogens is 1. The lowest BCUT2D eigenvalue weighted by Gasteiger charge is -2.20. The van der Waals surface area contributed by atoms with Gasteiger partial charge in [-0.3, -0.25) is 4.79 Å². The molecule has 1 unspecified atom stereocenters. The van der Waals surface area contributed by atoms with Gasteiger partial charge < -0.3 is 16.0 Å². The third-order valence-electron chi connectivity index (χ3n) is 3.70. The number of carbonyl (C=O) groups excluding carboxylic acids is 1. The number of rotatable bonds is 5. The van der Waals surface area contributed by atoms with E-state index in [1.54, 1.807) is 12.1 Å². The molecular weight excluding hydrogens is 262 g/mol. The Hall–Kier alpha value is -1.10. The van der Waals surface area contributed by atoms with Crippen LogP contribution in [-0.4, -0.2) is 37.0 Å². The van der Waals surface area contributed by atoms with Crippen molar-refractivity contribution in [3.05, 3.63) is 34.3 Å². The number of hydrogen-bond donors (Lipinski definition) is 2. The molecule has 0 bridgehead atoms. The molecule has 104 valence electrons. The fourth-order valence-electron chi connectivity index (χ4n) is 2.45. The van der Waals surface area contributed by atoms with E-state index in [2.05, 4.69) is 17.3 Å². The molecule has 1 aliphatic rings. The zero-order valence-electron chi connectivity index (χ0n) is 11.2. The van der Waals surface area contributed by atoms with E-state index < -0.39 is 5.91 Å². The van der Waals surface area contributed by atoms with Crippen molar-refractivity contribution >= 4 is 17.5 Å². The minimum atomic E-state index is -0.450. The monoisotopic (exact) mass is 281 g/mol. The van der Waals surface area contributed by atoms with Crippen molar-refractivity contribution in [1.29, 1.82) is 0 Å². The van der Waals surface area contributed by atoms with Crippen molar-refractivity contribution < 1.29 is 4.79 Å². The van der Waals surface area contributed by atoms with Crippen LogP contribution in [0.15, 0.2) is 18.2 Å². The molecule has 0 saturated carbocycles. The van der Waals surface area contributed by atoms with Gasteiger partial charge >= 0.3 is 0 Å². The van der Waals surface area contributed by atoms with Crippen LogP contribution >= 0.6 is 11.6 Å². The molecule has 0 radical (unpaired) electrons. The lowest BCUT2D eigenvalue weighted by atomic mass is 10.1. The zero-order valence-corrected chi connectivity index (χ0v) is 11.9. The summed E-state index contributed by atoms with van der Waals surface area (Å²) >= 11 is 6.14. The summed E-state index contributed by atoms with van der Waals surface area (Å²) in [5, 5.41) is 4.01. The molecular formula is C14H20ClN3O. The first-order valence-electron chi connectivity index (χ1n) is 6.57. The second-order valence-electron chi connectivity index (χ2n) is 5.08. The van der Waals surface area contributed by atoms with Crippen molar-refractivity contribution in [3.63, 3.8) is 0 Å². The van der Waals surface area contributed by atoms with Gasteiger partial charge in [0.2, 0.25) is 5.91 Å². The van der Waals surface area contributed by atoms with Gasteiger partial charge in [-0.1, -0.05) is 17.7 Å². The summed E-state index contributed by atoms with van der Waals surface area (Å²) in [7, 11) is 2.16. The minimum absolute atomic E-state index is 0.448. The summed E-state index contributed by atoms with van der Waals surface area (Å²) in [6.07, 6.45) is 2.52. The molecule has 3 N–H and O–H groups in total. The normalized spacial score (nSPS) is 19.8. The van der Waals surface area contributed by atoms with Crippen LogP contribution in [0.5, 0.6) is 0 Å². The van der Waals surface area contributed by atoms with Crippen LogP contribution in [0.1, 0.15) is 28.8 Å². The van der Waals surface area contributed by atoms with E-state index in [0.29, 0.717) is 23.2 Å². The number of primary amides is 1. The first-order valence-corrected chi connectivity index (χ1v) is 6.95. The molecule has 1 saturated heterocycles. The van der Waals surface area contributed by atoms with E-state index in [4.69, 9.17) is 17.3 Å². The highest BCUT2D eigenvalue weighted by atomic mass is 35.5. The number of nitrogens with zero attached hydrogens (tertiary/aromatic N) is 1. The van der Waals surface area contributed by atoms with Gasteiger partial charge in [-0.15, -0.1) is 0 Å². The molecule has 2 rings (SSSR count). The maximum atomic E-state index is 11.0. The Kier molecular flexibility index (Phi) is 4.80. The van der Waals surface area contributed by atoms with Gasteiger partial charge in [0.05, 0.1) is 0 Å². The Morgan fingerprint density at radius 2 is 2.37 bits per heavy atom. The average molecular weight is 282 g/mol. The Morgan fingerprint density at radius 3 is 2.95 bits per heavy atom. The molecule has 1 heterocycles. The summed E-state index contributed by atoms with van der Waals surface area (Å²) in [5.41, 5.74) is 6.65. The smallest absolute Gasteiger partial charge is 0.248 e. The summed E-state index contributed by atoms with van der Waals surface area (Å²) in [6, 6.07) is 5.81. The van der Waals surface area contributed by atoms with Gasteiger partial charge in [-0.05, 0) is 44.1 Å². The first kappa shape index (κ1) is 14.3. The molecule has 0 aliphatic carbocycles. The van der Waals surface area contributed by atoms with Crippen molar-refractivity contribution in [2.75, 3.05) is 20.1 Å². The maximum absolute atomic E-state index is 11.0. The van der Waals surface area contributed by atoms with Gasteiger partial charge in [0.1, 0.15) is 0 Å². The fraction of sp³-hybridized carbons (Fsp3) is 0.500. The molecule has 1 fully saturated rings. The molecule has 19 heavy (non-hydrogen) atoms. The Balaban J connectivity index is 1.87. The number of benzene rings is 1. The maximum Gasteiger partial charge on any atom is 0.248 e. The SMILES string of the molecule is CN1CCCC1CNCc1ccc(C(N)=O)cc1Cl. The third kappa shape index (κ3) is 3.69. The number of carbonyl (C=O) groups is 1. The number of nitrogens with two attached hydrogens (primary N) is 1. The van der Waals surface area contributed by atoms with Crippen LogP contribution in [0.3, 0.4) is 0 Å². The van der Waals surface area contributed by atoms with Crippen LogP contribution in [-0.2, 0) is 6.54 Å². The second kappa shape index (κ2) is 6.37. The third-order valence-corrected chi connectivity index (χ3v) is 4.06. The van der Waals surface area contributed by atoms with E-state index in [1.807, 2.05) is 6.07 Å². The topological polar surface area (TPSA) is 58.4 Å². The summed E-state index contributed by atoms with van der Waals surface area (Å²) in [5.74, 6) is -0.450. The van der Waals surface area contributed by atoms with Crippen molar-refractivity contribution in [2.24, 2.45) is 5.73 Å². The highest BCUT2D eigenvalue weighted by Crippen LogP contribution is 2.18. The minimum Gasteiger partial charge on any atom is -0.366 e. The quantitative estimate of drug-likeness (QED) is 0.862. The first-order chi connectivity index (χ1) is 9.08. The van der Waals surface area contributed by atoms with E-state index in [1.165, 1.54) is 19.4 Å². The van der Waals surface area contributed by atoms with Gasteiger partial charge in [-0.25, -0.2) is 0 Å². The van der Waals surface area contributed by atoms with Gasteiger partial charge in [0.25, 0.3) is 0 Å². The molecule has 0 aromatic heterocycles. The average Bonchev–Trinajstić information content (AvgIpc) is 2.77. The number of hydrogen-bond acceptors (Lipinski definition) is 3. The van der Waals surface area contributed by atoms with E-state index >= 15 is 0 Å². The van der Waals surface area contributed by atoms with Crippen LogP contribution in [0.4, 0.5) is 0 Å². The zero-order chi connectivity index (χ0) is 13.8. The Labute approximate surface area is 118 Å².